The summed E-state index contributed by atoms with van der Waals surface area (Å²) in [6, 6.07) is 9.18. The van der Waals surface area contributed by atoms with Crippen LogP contribution in [0.25, 0.3) is 0 Å². The highest BCUT2D eigenvalue weighted by atomic mass is 32.2. The Bertz CT molecular complexity index is 412. The molecular formula is C19H31NS. The van der Waals surface area contributed by atoms with Gasteiger partial charge < -0.3 is 5.73 Å². The maximum Gasteiger partial charge on any atom is 0.0137 e. The van der Waals surface area contributed by atoms with Crippen LogP contribution in [0.1, 0.15) is 64.4 Å². The maximum absolute atomic E-state index is 6.02. The molecule has 2 N–H and O–H groups in total. The summed E-state index contributed by atoms with van der Waals surface area (Å²) in [5.74, 6) is 2.24. The number of hydrogen-bond acceptors (Lipinski definition) is 2. The Balaban J connectivity index is 2.00. The number of thioether (sulfide) groups is 1. The maximum atomic E-state index is 6.02. The van der Waals surface area contributed by atoms with Crippen LogP contribution in [0.3, 0.4) is 0 Å². The molecule has 1 aromatic rings. The fourth-order valence-corrected chi connectivity index (χ4v) is 4.92. The van der Waals surface area contributed by atoms with Crippen molar-refractivity contribution in [3.63, 3.8) is 0 Å². The average molecular weight is 306 g/mol. The van der Waals surface area contributed by atoms with Gasteiger partial charge in [-0.3, -0.25) is 0 Å². The number of hydrogen-bond donors (Lipinski definition) is 1. The monoisotopic (exact) mass is 305 g/mol. The highest BCUT2D eigenvalue weighted by Gasteiger charge is 2.29. The molecule has 0 radical (unpaired) electrons. The minimum atomic E-state index is 0.615. The lowest BCUT2D eigenvalue weighted by molar-refractivity contribution is 0.276. The summed E-state index contributed by atoms with van der Waals surface area (Å²) in [6.45, 7) is 7.66. The Morgan fingerprint density at radius 2 is 1.90 bits per heavy atom. The van der Waals surface area contributed by atoms with Crippen LogP contribution in [-0.4, -0.2) is 11.8 Å². The second-order valence-corrected chi connectivity index (χ2v) is 8.16. The molecule has 1 nitrogen and oxygen atoms in total. The molecule has 118 valence electrons. The standard InChI is InChI=1S/C19H31NS/c1-4-5-15-6-7-17(13-20)19(12-15)21-18-10-8-16(9-11-18)14(2)3/h8-11,14-15,17,19H,4-7,12-13,20H2,1-3H3. The minimum absolute atomic E-state index is 0.615. The molecule has 3 atom stereocenters. The topological polar surface area (TPSA) is 26.0 Å². The summed E-state index contributed by atoms with van der Waals surface area (Å²) in [4.78, 5) is 1.42. The zero-order valence-corrected chi connectivity index (χ0v) is 14.7. The SMILES string of the molecule is CCCC1CCC(CN)C(Sc2ccc(C(C)C)cc2)C1. The molecule has 1 aliphatic carbocycles. The van der Waals surface area contributed by atoms with Gasteiger partial charge in [-0.25, -0.2) is 0 Å². The van der Waals surface area contributed by atoms with Crippen LogP contribution >= 0.6 is 11.8 Å². The first-order valence-electron chi connectivity index (χ1n) is 8.60. The van der Waals surface area contributed by atoms with Gasteiger partial charge in [-0.1, -0.05) is 52.2 Å². The van der Waals surface area contributed by atoms with E-state index in [9.17, 15) is 0 Å². The zero-order chi connectivity index (χ0) is 15.2. The van der Waals surface area contributed by atoms with Gasteiger partial charge in [0, 0.05) is 10.1 Å². The lowest BCUT2D eigenvalue weighted by atomic mass is 9.80. The van der Waals surface area contributed by atoms with Crippen molar-refractivity contribution in [1.29, 1.82) is 0 Å². The van der Waals surface area contributed by atoms with Gasteiger partial charge in [0.1, 0.15) is 0 Å². The summed E-state index contributed by atoms with van der Waals surface area (Å²) in [5.41, 5.74) is 7.45. The normalized spacial score (nSPS) is 26.2. The molecule has 3 unspecified atom stereocenters. The van der Waals surface area contributed by atoms with Crippen LogP contribution in [0, 0.1) is 11.8 Å². The summed E-state index contributed by atoms with van der Waals surface area (Å²) in [7, 11) is 0. The lowest BCUT2D eigenvalue weighted by Gasteiger charge is -2.35. The van der Waals surface area contributed by atoms with Crippen LogP contribution in [-0.2, 0) is 0 Å². The van der Waals surface area contributed by atoms with Crippen LogP contribution < -0.4 is 5.73 Å². The third kappa shape index (κ3) is 4.75. The number of rotatable bonds is 6. The van der Waals surface area contributed by atoms with E-state index in [0.29, 0.717) is 17.1 Å². The third-order valence-electron chi connectivity index (χ3n) is 4.87. The first-order chi connectivity index (χ1) is 10.1. The predicted molar refractivity (Wildman–Crippen MR) is 95.0 cm³/mol. The number of nitrogens with two attached hydrogens (primary N) is 1. The highest BCUT2D eigenvalue weighted by Crippen LogP contribution is 2.41. The van der Waals surface area contributed by atoms with E-state index in [1.165, 1.54) is 42.6 Å². The van der Waals surface area contributed by atoms with E-state index in [0.717, 1.165) is 12.5 Å². The van der Waals surface area contributed by atoms with E-state index in [4.69, 9.17) is 5.73 Å². The largest absolute Gasteiger partial charge is 0.330 e. The van der Waals surface area contributed by atoms with E-state index in [-0.39, 0.29) is 0 Å². The average Bonchev–Trinajstić information content (AvgIpc) is 2.48. The minimum Gasteiger partial charge on any atom is -0.330 e. The third-order valence-corrected chi connectivity index (χ3v) is 6.30. The van der Waals surface area contributed by atoms with Gasteiger partial charge in [0.15, 0.2) is 0 Å². The van der Waals surface area contributed by atoms with Crippen molar-refractivity contribution >= 4 is 11.8 Å². The summed E-state index contributed by atoms with van der Waals surface area (Å²) < 4.78 is 0. The molecular weight excluding hydrogens is 274 g/mol. The van der Waals surface area contributed by atoms with Crippen LogP contribution in [0.5, 0.6) is 0 Å². The quantitative estimate of drug-likeness (QED) is 0.756. The van der Waals surface area contributed by atoms with E-state index in [2.05, 4.69) is 56.8 Å². The molecule has 0 bridgehead atoms. The molecule has 0 spiro atoms. The van der Waals surface area contributed by atoms with Crippen molar-refractivity contribution in [3.05, 3.63) is 29.8 Å². The molecule has 21 heavy (non-hydrogen) atoms. The fraction of sp³-hybridized carbons (Fsp3) is 0.684. The Morgan fingerprint density at radius 1 is 1.19 bits per heavy atom. The molecule has 2 rings (SSSR count). The van der Waals surface area contributed by atoms with Gasteiger partial charge in [-0.05, 0) is 54.8 Å². The molecule has 0 amide bonds. The van der Waals surface area contributed by atoms with Crippen LogP contribution in [0.2, 0.25) is 0 Å². The molecule has 1 aliphatic rings. The Morgan fingerprint density at radius 3 is 2.48 bits per heavy atom. The van der Waals surface area contributed by atoms with Crippen molar-refractivity contribution in [2.45, 2.75) is 68.9 Å². The van der Waals surface area contributed by atoms with E-state index in [1.54, 1.807) is 0 Å². The smallest absolute Gasteiger partial charge is 0.0137 e. The second kappa shape index (κ2) is 8.24. The first-order valence-corrected chi connectivity index (χ1v) is 9.48. The van der Waals surface area contributed by atoms with Crippen molar-refractivity contribution in [2.75, 3.05) is 6.54 Å². The highest BCUT2D eigenvalue weighted by molar-refractivity contribution is 8.00. The second-order valence-electron chi connectivity index (χ2n) is 6.84. The summed E-state index contributed by atoms with van der Waals surface area (Å²) >= 11 is 2.07. The van der Waals surface area contributed by atoms with E-state index >= 15 is 0 Å². The molecule has 0 saturated heterocycles. The van der Waals surface area contributed by atoms with Gasteiger partial charge in [0.05, 0.1) is 0 Å². The molecule has 0 heterocycles. The summed E-state index contributed by atoms with van der Waals surface area (Å²) in [5, 5.41) is 0.713. The zero-order valence-electron chi connectivity index (χ0n) is 13.8. The van der Waals surface area contributed by atoms with Gasteiger partial charge >= 0.3 is 0 Å². The van der Waals surface area contributed by atoms with Crippen molar-refractivity contribution in [2.24, 2.45) is 17.6 Å². The van der Waals surface area contributed by atoms with Crippen LogP contribution in [0.4, 0.5) is 0 Å². The molecule has 1 aromatic carbocycles. The van der Waals surface area contributed by atoms with E-state index < -0.39 is 0 Å². The Labute approximate surface area is 135 Å². The van der Waals surface area contributed by atoms with Gasteiger partial charge in [-0.2, -0.15) is 0 Å². The van der Waals surface area contributed by atoms with Gasteiger partial charge in [0.25, 0.3) is 0 Å². The van der Waals surface area contributed by atoms with Crippen molar-refractivity contribution < 1.29 is 0 Å². The Hall–Kier alpha value is -0.470. The van der Waals surface area contributed by atoms with Gasteiger partial charge in [0.2, 0.25) is 0 Å². The Kier molecular flexibility index (Phi) is 6.63. The van der Waals surface area contributed by atoms with Crippen LogP contribution in [0.15, 0.2) is 29.2 Å². The molecule has 1 saturated carbocycles. The van der Waals surface area contributed by atoms with Crippen molar-refractivity contribution in [3.8, 4) is 0 Å². The number of benzene rings is 1. The molecule has 1 fully saturated rings. The summed E-state index contributed by atoms with van der Waals surface area (Å²) in [6.07, 6.45) is 6.77. The predicted octanol–water partition coefficient (Wildman–Crippen LogP) is 5.45. The molecule has 2 heteroatoms. The lowest BCUT2D eigenvalue weighted by Crippen LogP contribution is -2.32. The van der Waals surface area contributed by atoms with E-state index in [1.807, 2.05) is 0 Å². The fourth-order valence-electron chi connectivity index (χ4n) is 3.46. The first kappa shape index (κ1) is 16.9. The van der Waals surface area contributed by atoms with Gasteiger partial charge in [-0.15, -0.1) is 11.8 Å². The van der Waals surface area contributed by atoms with Crippen molar-refractivity contribution in [1.82, 2.24) is 0 Å². The molecule has 0 aliphatic heterocycles. The molecule has 0 aromatic heterocycles.